The first-order valence-corrected chi connectivity index (χ1v) is 30.1. The molecule has 0 aromatic rings. The summed E-state index contributed by atoms with van der Waals surface area (Å²) >= 11 is 0. The Kier molecular flexibility index (Phi) is 36.5. The van der Waals surface area contributed by atoms with E-state index in [1.54, 1.807) is 20.8 Å². The van der Waals surface area contributed by atoms with E-state index < -0.39 is 126 Å². The fourth-order valence-electron chi connectivity index (χ4n) is 11.4. The van der Waals surface area contributed by atoms with Gasteiger partial charge in [-0.3, -0.25) is 43.2 Å². The van der Waals surface area contributed by atoms with Gasteiger partial charge in [0.05, 0.1) is 18.3 Å². The SMILES string of the molecule is CCCCC(F)(F)C(=O)CC[C@H]1[C@H](O)CC(=O)[C@@H]1CCCCCCC(=O)O.CCCCC(F)(F)C(=O)CC[C@H]1[C@H](O)CC(=O)[C@@H]1CCCCCCC(=O)O.CCCCC(F)(F)C(=O)CC[C@H]1[C@H](O)CC(=O)[C@@H]1CCCCCCC(=O)O. The molecular formula is C60H96F6O15. The molecule has 0 bridgehead atoms. The maximum Gasteiger partial charge on any atom is 0.305 e. The summed E-state index contributed by atoms with van der Waals surface area (Å²) in [5.74, 6) is -18.5. The molecular weight excluding hydrogens is 1070 g/mol. The van der Waals surface area contributed by atoms with Gasteiger partial charge in [-0.25, -0.2) is 0 Å². The maximum atomic E-state index is 13.8. The number of carbonyl (C=O) groups is 9. The molecule has 3 aliphatic rings. The Morgan fingerprint density at radius 1 is 0.358 bits per heavy atom. The highest BCUT2D eigenvalue weighted by molar-refractivity contribution is 5.88. The van der Waals surface area contributed by atoms with Gasteiger partial charge in [-0.1, -0.05) is 97.8 Å². The molecule has 0 aromatic heterocycles. The van der Waals surface area contributed by atoms with E-state index in [0.29, 0.717) is 57.8 Å². The van der Waals surface area contributed by atoms with Gasteiger partial charge in [-0.05, 0) is 94.8 Å². The fraction of sp³-hybridized carbons (Fsp3) is 0.850. The minimum Gasteiger partial charge on any atom is -0.481 e. The minimum atomic E-state index is -3.33. The number of rotatable bonds is 42. The average Bonchev–Trinajstić information content (AvgIpc) is 4.00. The third-order valence-corrected chi connectivity index (χ3v) is 16.3. The molecule has 15 nitrogen and oxygen atoms in total. The quantitative estimate of drug-likeness (QED) is 0.0245. The summed E-state index contributed by atoms with van der Waals surface area (Å²) in [7, 11) is 0. The molecule has 81 heavy (non-hydrogen) atoms. The van der Waals surface area contributed by atoms with Crippen molar-refractivity contribution in [3.63, 3.8) is 0 Å². The first kappa shape index (κ1) is 74.9. The number of alkyl halides is 6. The highest BCUT2D eigenvalue weighted by Crippen LogP contribution is 2.40. The van der Waals surface area contributed by atoms with E-state index in [1.807, 2.05) is 0 Å². The molecule has 0 amide bonds. The van der Waals surface area contributed by atoms with Crippen LogP contribution in [-0.4, -0.2) is 119 Å². The summed E-state index contributed by atoms with van der Waals surface area (Å²) in [6, 6.07) is 0. The molecule has 3 rings (SSSR count). The summed E-state index contributed by atoms with van der Waals surface area (Å²) < 4.78 is 82.8. The van der Waals surface area contributed by atoms with Crippen LogP contribution in [0.25, 0.3) is 0 Å². The lowest BCUT2D eigenvalue weighted by molar-refractivity contribution is -0.145. The van der Waals surface area contributed by atoms with Crippen LogP contribution in [0.2, 0.25) is 0 Å². The number of hydrogen-bond acceptors (Lipinski definition) is 12. The number of ketones is 6. The molecule has 0 radical (unpaired) electrons. The molecule has 0 spiro atoms. The molecule has 3 saturated carbocycles. The van der Waals surface area contributed by atoms with Gasteiger partial charge >= 0.3 is 35.7 Å². The van der Waals surface area contributed by atoms with Gasteiger partial charge in [0.25, 0.3) is 0 Å². The van der Waals surface area contributed by atoms with Crippen molar-refractivity contribution in [2.75, 3.05) is 0 Å². The molecule has 3 fully saturated rings. The number of aliphatic hydroxyl groups excluding tert-OH is 3. The molecule has 0 aliphatic heterocycles. The normalized spacial score (nSPS) is 23.0. The van der Waals surface area contributed by atoms with Crippen molar-refractivity contribution >= 4 is 52.6 Å². The average molecular weight is 1170 g/mol. The van der Waals surface area contributed by atoms with Gasteiger partial charge in [-0.2, -0.15) is 26.3 Å². The Bertz CT molecular complexity index is 1730. The van der Waals surface area contributed by atoms with Crippen LogP contribution in [0.4, 0.5) is 26.3 Å². The standard InChI is InChI=1S/3C20H32F2O5/c3*1-2-3-12-20(21,22)18(25)11-10-15-14(16(23)13-17(15)24)8-6-4-5-7-9-19(26)27/h3*14-15,17,24H,2-13H2,1H3,(H,26,27)/t3*14-,15-,17-/m111/s1. The van der Waals surface area contributed by atoms with Crippen molar-refractivity contribution in [2.24, 2.45) is 35.5 Å². The second-order valence-corrected chi connectivity index (χ2v) is 22.9. The second kappa shape index (κ2) is 39.4. The van der Waals surface area contributed by atoms with Crippen LogP contribution in [0.1, 0.15) is 252 Å². The highest BCUT2D eigenvalue weighted by atomic mass is 19.3. The molecule has 0 aromatic carbocycles. The van der Waals surface area contributed by atoms with Crippen LogP contribution in [0.15, 0.2) is 0 Å². The lowest BCUT2D eigenvalue weighted by atomic mass is 9.85. The molecule has 0 saturated heterocycles. The molecule has 21 heteroatoms. The number of carbonyl (C=O) groups excluding carboxylic acids is 6. The van der Waals surface area contributed by atoms with E-state index in [9.17, 15) is 84.8 Å². The Balaban J connectivity index is 0.000000607. The highest BCUT2D eigenvalue weighted by Gasteiger charge is 2.46. The first-order chi connectivity index (χ1) is 38.1. The molecule has 3 aliphatic carbocycles. The van der Waals surface area contributed by atoms with E-state index in [4.69, 9.17) is 15.3 Å². The Morgan fingerprint density at radius 2 is 0.580 bits per heavy atom. The van der Waals surface area contributed by atoms with Crippen molar-refractivity contribution < 1.29 is 100 Å². The zero-order chi connectivity index (χ0) is 61.3. The van der Waals surface area contributed by atoms with Crippen molar-refractivity contribution in [3.8, 4) is 0 Å². The molecule has 9 atom stereocenters. The summed E-state index contributed by atoms with van der Waals surface area (Å²) in [6.07, 6.45) is 8.66. The maximum absolute atomic E-state index is 13.8. The van der Waals surface area contributed by atoms with Gasteiger partial charge in [0, 0.05) is 94.8 Å². The summed E-state index contributed by atoms with van der Waals surface area (Å²) in [5, 5.41) is 56.1. The van der Waals surface area contributed by atoms with E-state index in [-0.39, 0.29) is 114 Å². The smallest absolute Gasteiger partial charge is 0.305 e. The van der Waals surface area contributed by atoms with E-state index in [0.717, 1.165) is 57.8 Å². The number of carboxylic acids is 3. The Hall–Kier alpha value is -4.11. The summed E-state index contributed by atoms with van der Waals surface area (Å²) in [6.45, 7) is 5.36. The van der Waals surface area contributed by atoms with Gasteiger partial charge in [0.2, 0.25) is 17.3 Å². The van der Waals surface area contributed by atoms with Crippen LogP contribution in [-0.2, 0) is 43.2 Å². The molecule has 6 N–H and O–H groups in total. The number of Topliss-reactive ketones (excluding diaryl/α,β-unsaturated/α-hetero) is 6. The van der Waals surface area contributed by atoms with Crippen molar-refractivity contribution in [2.45, 2.75) is 288 Å². The van der Waals surface area contributed by atoms with Gasteiger partial charge in [-0.15, -0.1) is 0 Å². The van der Waals surface area contributed by atoms with Crippen LogP contribution >= 0.6 is 0 Å². The van der Waals surface area contributed by atoms with Crippen LogP contribution in [0.3, 0.4) is 0 Å². The number of aliphatic carboxylic acids is 3. The topological polar surface area (TPSA) is 275 Å². The van der Waals surface area contributed by atoms with Crippen molar-refractivity contribution in [1.29, 1.82) is 0 Å². The fourth-order valence-corrected chi connectivity index (χ4v) is 11.4. The van der Waals surface area contributed by atoms with Gasteiger partial charge in [0.15, 0.2) is 0 Å². The lowest BCUT2D eigenvalue weighted by Gasteiger charge is -2.22. The van der Waals surface area contributed by atoms with E-state index in [2.05, 4.69) is 0 Å². The van der Waals surface area contributed by atoms with Gasteiger partial charge in [0.1, 0.15) is 17.3 Å². The third kappa shape index (κ3) is 29.3. The van der Waals surface area contributed by atoms with Crippen molar-refractivity contribution in [3.05, 3.63) is 0 Å². The van der Waals surface area contributed by atoms with E-state index in [1.165, 1.54) is 0 Å². The molecule has 0 heterocycles. The number of carboxylic acid groups (broad SMARTS) is 3. The largest absolute Gasteiger partial charge is 0.481 e. The zero-order valence-electron chi connectivity index (χ0n) is 48.3. The Morgan fingerprint density at radius 3 is 0.790 bits per heavy atom. The monoisotopic (exact) mass is 1170 g/mol. The van der Waals surface area contributed by atoms with Gasteiger partial charge < -0.3 is 30.6 Å². The predicted molar refractivity (Wildman–Crippen MR) is 290 cm³/mol. The molecule has 468 valence electrons. The van der Waals surface area contributed by atoms with Crippen molar-refractivity contribution in [1.82, 2.24) is 0 Å². The number of aliphatic hydroxyl groups is 3. The minimum absolute atomic E-state index is 0.0226. The van der Waals surface area contributed by atoms with Crippen LogP contribution < -0.4 is 0 Å². The summed E-state index contributed by atoms with van der Waals surface area (Å²) in [5.41, 5.74) is 0. The van der Waals surface area contributed by atoms with Crippen LogP contribution in [0, 0.1) is 35.5 Å². The second-order valence-electron chi connectivity index (χ2n) is 22.9. The Labute approximate surface area is 474 Å². The predicted octanol–water partition coefficient (Wildman–Crippen LogP) is 12.5. The zero-order valence-corrected chi connectivity index (χ0v) is 48.3. The number of halogens is 6. The third-order valence-electron chi connectivity index (χ3n) is 16.3. The lowest BCUT2D eigenvalue weighted by Crippen LogP contribution is -2.30. The number of unbranched alkanes of at least 4 members (excludes halogenated alkanes) is 12. The number of hydrogen-bond donors (Lipinski definition) is 6. The van der Waals surface area contributed by atoms with E-state index >= 15 is 0 Å². The molecule has 0 unspecified atom stereocenters. The summed E-state index contributed by atoms with van der Waals surface area (Å²) in [4.78, 5) is 103. The van der Waals surface area contributed by atoms with Crippen LogP contribution in [0.5, 0.6) is 0 Å². The first-order valence-electron chi connectivity index (χ1n) is 30.1.